The van der Waals surface area contributed by atoms with Crippen LogP contribution in [0.4, 0.5) is 0 Å². The molecule has 35 heavy (non-hydrogen) atoms. The molecule has 1 atom stereocenters. The highest BCUT2D eigenvalue weighted by Crippen LogP contribution is 2.38. The average molecular weight is 536 g/mol. The van der Waals surface area contributed by atoms with Crippen molar-refractivity contribution in [2.75, 3.05) is 26.2 Å². The van der Waals surface area contributed by atoms with Crippen LogP contribution in [0, 0.1) is 5.92 Å². The Morgan fingerprint density at radius 3 is 2.06 bits per heavy atom. The first-order valence-corrected chi connectivity index (χ1v) is 13.4. The maximum atomic E-state index is 13.7. The second-order valence-electron chi connectivity index (χ2n) is 10.1. The zero-order chi connectivity index (χ0) is 24.3. The Morgan fingerprint density at radius 2 is 1.49 bits per heavy atom. The lowest BCUT2D eigenvalue weighted by molar-refractivity contribution is -0.946. The maximum absolute atomic E-state index is 13.7. The highest BCUT2D eigenvalue weighted by Gasteiger charge is 2.50. The molecule has 3 aromatic rings. The molecule has 0 aliphatic carbocycles. The summed E-state index contributed by atoms with van der Waals surface area (Å²) in [5, 5.41) is 11.8. The predicted molar refractivity (Wildman–Crippen MR) is 141 cm³/mol. The summed E-state index contributed by atoms with van der Waals surface area (Å²) in [6, 6.07) is 26.9. The van der Waals surface area contributed by atoms with Crippen LogP contribution in [0.15, 0.2) is 89.4 Å². The number of aryl methyl sites for hydroxylation is 1. The number of benzene rings is 3. The first-order chi connectivity index (χ1) is 17.0. The first-order valence-electron chi connectivity index (χ1n) is 12.6. The number of carbonyl (C=O) groups excluding carboxylic acids is 1. The Morgan fingerprint density at radius 1 is 0.914 bits per heavy atom. The van der Waals surface area contributed by atoms with Gasteiger partial charge in [-0.15, -0.1) is 0 Å². The monoisotopic (exact) mass is 534 g/mol. The lowest BCUT2D eigenvalue weighted by atomic mass is 9.82. The summed E-state index contributed by atoms with van der Waals surface area (Å²) in [5.74, 6) is -0.192. The number of halogens is 1. The third kappa shape index (κ3) is 5.09. The van der Waals surface area contributed by atoms with Gasteiger partial charge in [0.2, 0.25) is 5.60 Å². The Balaban J connectivity index is 1.30. The van der Waals surface area contributed by atoms with E-state index < -0.39 is 11.6 Å². The fraction of sp³-hybridized carbons (Fsp3) is 0.367. The number of rotatable bonds is 8. The Bertz CT molecular complexity index is 1090. The zero-order valence-corrected chi connectivity index (χ0v) is 21.6. The molecule has 0 radical (unpaired) electrons. The second-order valence-corrected chi connectivity index (χ2v) is 11.1. The highest BCUT2D eigenvalue weighted by molar-refractivity contribution is 9.10. The molecule has 0 amide bonds. The van der Waals surface area contributed by atoms with Crippen molar-refractivity contribution in [2.45, 2.75) is 37.4 Å². The highest BCUT2D eigenvalue weighted by atomic mass is 79.9. The fourth-order valence-corrected chi connectivity index (χ4v) is 6.19. The predicted octanol–water partition coefficient (Wildman–Crippen LogP) is 5.47. The van der Waals surface area contributed by atoms with Crippen molar-refractivity contribution in [1.29, 1.82) is 0 Å². The van der Waals surface area contributed by atoms with Crippen LogP contribution in [0.5, 0.6) is 0 Å². The quantitative estimate of drug-likeness (QED) is 0.308. The van der Waals surface area contributed by atoms with Gasteiger partial charge in [-0.3, -0.25) is 0 Å². The summed E-state index contributed by atoms with van der Waals surface area (Å²) in [6.45, 7) is 4.25. The van der Waals surface area contributed by atoms with Gasteiger partial charge in [0.1, 0.15) is 6.54 Å². The molecule has 4 nitrogen and oxygen atoms in total. The van der Waals surface area contributed by atoms with Gasteiger partial charge in [-0.1, -0.05) is 88.7 Å². The van der Waals surface area contributed by atoms with Gasteiger partial charge < -0.3 is 14.3 Å². The van der Waals surface area contributed by atoms with Crippen LogP contribution in [0.1, 0.15) is 36.0 Å². The smallest absolute Gasteiger partial charge is 0.348 e. The van der Waals surface area contributed by atoms with Crippen molar-refractivity contribution < 1.29 is 19.1 Å². The van der Waals surface area contributed by atoms with E-state index >= 15 is 0 Å². The fourth-order valence-electron chi connectivity index (χ4n) is 5.92. The summed E-state index contributed by atoms with van der Waals surface area (Å²) < 4.78 is 8.31. The van der Waals surface area contributed by atoms with Crippen LogP contribution < -0.4 is 0 Å². The molecule has 1 N–H and O–H groups in total. The number of carbonyl (C=O) groups is 1. The van der Waals surface area contributed by atoms with E-state index in [0.717, 1.165) is 60.8 Å². The molecule has 6 rings (SSSR count). The van der Waals surface area contributed by atoms with Crippen LogP contribution in [-0.2, 0) is 21.6 Å². The van der Waals surface area contributed by atoms with Crippen molar-refractivity contribution in [2.24, 2.45) is 5.92 Å². The number of piperidine rings is 3. The molecular formula is C30H33BrNO3+. The molecule has 3 saturated heterocycles. The summed E-state index contributed by atoms with van der Waals surface area (Å²) in [7, 11) is 0. The molecule has 3 aliphatic rings. The molecular weight excluding hydrogens is 502 g/mol. The number of esters is 1. The van der Waals surface area contributed by atoms with Crippen LogP contribution in [-0.4, -0.2) is 47.8 Å². The third-order valence-corrected chi connectivity index (χ3v) is 8.52. The molecule has 3 aromatic carbocycles. The molecule has 5 heteroatoms. The minimum atomic E-state index is -1.82. The van der Waals surface area contributed by atoms with Gasteiger partial charge >= 0.3 is 5.97 Å². The van der Waals surface area contributed by atoms with Gasteiger partial charge in [-0.25, -0.2) is 4.79 Å². The average Bonchev–Trinajstić information content (AvgIpc) is 2.91. The number of ether oxygens (including phenoxy) is 1. The van der Waals surface area contributed by atoms with Crippen molar-refractivity contribution in [3.05, 3.63) is 106 Å². The van der Waals surface area contributed by atoms with Crippen LogP contribution >= 0.6 is 15.9 Å². The Labute approximate surface area is 216 Å². The Hall–Kier alpha value is -2.47. The van der Waals surface area contributed by atoms with Gasteiger partial charge in [0.05, 0.1) is 19.6 Å². The lowest BCUT2D eigenvalue weighted by Crippen LogP contribution is -2.65. The van der Waals surface area contributed by atoms with E-state index in [4.69, 9.17) is 4.74 Å². The summed E-state index contributed by atoms with van der Waals surface area (Å²) in [4.78, 5) is 13.7. The number of hydrogen-bond acceptors (Lipinski definition) is 3. The molecule has 0 saturated carbocycles. The minimum absolute atomic E-state index is 0.156. The topological polar surface area (TPSA) is 46.5 Å². The van der Waals surface area contributed by atoms with Gasteiger partial charge in [0.15, 0.2) is 6.10 Å². The van der Waals surface area contributed by atoms with E-state index in [-0.39, 0.29) is 6.10 Å². The molecule has 3 heterocycles. The number of aliphatic hydroxyl groups is 1. The van der Waals surface area contributed by atoms with Gasteiger partial charge in [-0.2, -0.15) is 0 Å². The number of hydrogen-bond donors (Lipinski definition) is 1. The van der Waals surface area contributed by atoms with E-state index in [1.807, 2.05) is 36.4 Å². The second kappa shape index (κ2) is 10.3. The molecule has 3 aliphatic heterocycles. The molecule has 182 valence electrons. The van der Waals surface area contributed by atoms with Crippen LogP contribution in [0.2, 0.25) is 0 Å². The minimum Gasteiger partial charge on any atom is -0.453 e. The SMILES string of the molecule is O=C(OC1C[N+]2(CCCc3ccc(Br)cc3)CCC1CC2)C(O)(c1ccccc1)c1ccccc1. The van der Waals surface area contributed by atoms with Crippen LogP contribution in [0.3, 0.4) is 0 Å². The molecule has 1 unspecified atom stereocenters. The molecule has 2 bridgehead atoms. The van der Waals surface area contributed by atoms with E-state index in [1.165, 1.54) is 5.56 Å². The van der Waals surface area contributed by atoms with Crippen molar-refractivity contribution >= 4 is 21.9 Å². The number of fused-ring (bicyclic) bond motifs is 3. The third-order valence-electron chi connectivity index (χ3n) is 7.99. The van der Waals surface area contributed by atoms with Crippen molar-refractivity contribution in [3.63, 3.8) is 0 Å². The van der Waals surface area contributed by atoms with Gasteiger partial charge in [-0.05, 0) is 35.2 Å². The zero-order valence-electron chi connectivity index (χ0n) is 20.0. The number of nitrogens with zero attached hydrogens (tertiary/aromatic N) is 1. The summed E-state index contributed by atoms with van der Waals surface area (Å²) in [6.07, 6.45) is 4.17. The molecule has 3 fully saturated rings. The maximum Gasteiger partial charge on any atom is 0.348 e. The largest absolute Gasteiger partial charge is 0.453 e. The van der Waals surface area contributed by atoms with E-state index in [0.29, 0.717) is 17.0 Å². The van der Waals surface area contributed by atoms with E-state index in [2.05, 4.69) is 40.2 Å². The van der Waals surface area contributed by atoms with E-state index in [9.17, 15) is 9.90 Å². The van der Waals surface area contributed by atoms with Gasteiger partial charge in [0, 0.05) is 29.7 Å². The van der Waals surface area contributed by atoms with Gasteiger partial charge in [0.25, 0.3) is 0 Å². The Kier molecular flexibility index (Phi) is 7.10. The van der Waals surface area contributed by atoms with Crippen molar-refractivity contribution in [1.82, 2.24) is 0 Å². The first kappa shape index (κ1) is 24.2. The number of quaternary nitrogens is 1. The standard InChI is InChI=1S/C30H33BrNO3/c31-27-15-13-23(14-16-27)8-7-19-32-20-17-24(18-21-32)28(22-32)35-29(33)30(34,25-9-3-1-4-10-25)26-11-5-2-6-12-26/h1-6,9-16,24,28,34H,7-8,17-22H2/q+1. The van der Waals surface area contributed by atoms with Crippen LogP contribution in [0.25, 0.3) is 0 Å². The molecule has 0 spiro atoms. The summed E-state index contributed by atoms with van der Waals surface area (Å²) >= 11 is 3.51. The summed E-state index contributed by atoms with van der Waals surface area (Å²) in [5.41, 5.74) is 0.616. The van der Waals surface area contributed by atoms with E-state index in [1.54, 1.807) is 24.3 Å². The normalized spacial score (nSPS) is 23.7. The molecule has 0 aromatic heterocycles. The van der Waals surface area contributed by atoms with Crippen molar-refractivity contribution in [3.8, 4) is 0 Å². The lowest BCUT2D eigenvalue weighted by Gasteiger charge is -2.52.